The van der Waals surface area contributed by atoms with E-state index in [1.165, 1.54) is 0 Å². The number of H-pyrrole nitrogens is 1. The summed E-state index contributed by atoms with van der Waals surface area (Å²) in [6.45, 7) is 0.604. The van der Waals surface area contributed by atoms with Gasteiger partial charge in [0.25, 0.3) is 5.91 Å². The second-order valence-corrected chi connectivity index (χ2v) is 9.14. The highest BCUT2D eigenvalue weighted by Gasteiger charge is 2.30. The van der Waals surface area contributed by atoms with Crippen LogP contribution in [0.2, 0.25) is 5.02 Å². The number of nitrogens with one attached hydrogen (secondary N) is 3. The van der Waals surface area contributed by atoms with E-state index in [0.717, 1.165) is 16.2 Å². The smallest absolute Gasteiger partial charge is 0.339 e. The first kappa shape index (κ1) is 21.9. The molecule has 4 N–H and O–H groups in total. The summed E-state index contributed by atoms with van der Waals surface area (Å²) in [5, 5.41) is 26.4. The summed E-state index contributed by atoms with van der Waals surface area (Å²) in [4.78, 5) is 39.9. The minimum Gasteiger partial charge on any atom is -0.478 e. The molecule has 0 radical (unpaired) electrons. The number of halogens is 1. The molecule has 0 saturated heterocycles. The number of hydrogen-bond donors (Lipinski definition) is 4. The standard InChI is InChI=1S/C22H17ClN6O4S/c23-12-2-4-13(5-3-12)24-22(33)25-19-18(21(31)32)14-7-8-29(10-17(14)34-19)20(30)11-1-6-15-16(9-11)27-28-26-15/h1-6,9H,7-8,10H2,(H,31,32)(H2,24,25,33)(H,26,27,28). The van der Waals surface area contributed by atoms with Gasteiger partial charge in [-0.15, -0.1) is 11.3 Å². The Morgan fingerprint density at radius 2 is 1.82 bits per heavy atom. The Hall–Kier alpha value is -3.96. The maximum atomic E-state index is 13.1. The van der Waals surface area contributed by atoms with Crippen molar-refractivity contribution in [3.8, 4) is 0 Å². The molecule has 0 saturated carbocycles. The summed E-state index contributed by atoms with van der Waals surface area (Å²) in [6, 6.07) is 11.0. The first-order valence-corrected chi connectivity index (χ1v) is 11.4. The minimum absolute atomic E-state index is 0.0578. The van der Waals surface area contributed by atoms with Crippen LogP contribution in [0.15, 0.2) is 42.5 Å². The van der Waals surface area contributed by atoms with E-state index in [4.69, 9.17) is 11.6 Å². The van der Waals surface area contributed by atoms with Crippen molar-refractivity contribution >= 4 is 62.6 Å². The van der Waals surface area contributed by atoms with E-state index in [1.54, 1.807) is 47.4 Å². The molecule has 2 aromatic heterocycles. The molecule has 0 atom stereocenters. The first-order valence-electron chi connectivity index (χ1n) is 10.2. The number of aromatic carboxylic acids is 1. The topological polar surface area (TPSA) is 140 Å². The van der Waals surface area contributed by atoms with Crippen LogP contribution in [0.3, 0.4) is 0 Å². The number of rotatable bonds is 4. The summed E-state index contributed by atoms with van der Waals surface area (Å²) in [5.74, 6) is -1.31. The zero-order chi connectivity index (χ0) is 23.8. The molecule has 0 spiro atoms. The Labute approximate surface area is 201 Å². The number of carbonyl (C=O) groups is 3. The second kappa shape index (κ2) is 8.76. The summed E-state index contributed by atoms with van der Waals surface area (Å²) < 4.78 is 0. The van der Waals surface area contributed by atoms with Crippen LogP contribution in [0.25, 0.3) is 11.0 Å². The van der Waals surface area contributed by atoms with Crippen LogP contribution in [-0.2, 0) is 13.0 Å². The lowest BCUT2D eigenvalue weighted by molar-refractivity contribution is 0.0696. The fourth-order valence-corrected chi connectivity index (χ4v) is 5.22. The van der Waals surface area contributed by atoms with Crippen molar-refractivity contribution in [2.75, 3.05) is 17.2 Å². The van der Waals surface area contributed by atoms with Crippen LogP contribution in [0.5, 0.6) is 0 Å². The zero-order valence-electron chi connectivity index (χ0n) is 17.5. The normalized spacial score (nSPS) is 12.9. The molecule has 3 heterocycles. The number of carbonyl (C=O) groups excluding carboxylic acids is 2. The largest absolute Gasteiger partial charge is 0.478 e. The molecule has 0 bridgehead atoms. The molecular formula is C22H17ClN6O4S. The van der Waals surface area contributed by atoms with Gasteiger partial charge in [-0.1, -0.05) is 11.6 Å². The van der Waals surface area contributed by atoms with E-state index in [2.05, 4.69) is 26.0 Å². The summed E-state index contributed by atoms with van der Waals surface area (Å²) in [7, 11) is 0. The number of hydrogen-bond acceptors (Lipinski definition) is 6. The summed E-state index contributed by atoms with van der Waals surface area (Å²) in [6.07, 6.45) is 0.367. The number of fused-ring (bicyclic) bond motifs is 2. The summed E-state index contributed by atoms with van der Waals surface area (Å²) >= 11 is 7.01. The van der Waals surface area contributed by atoms with E-state index < -0.39 is 12.0 Å². The first-order chi connectivity index (χ1) is 16.4. The lowest BCUT2D eigenvalue weighted by atomic mass is 10.0. The number of benzene rings is 2. The predicted octanol–water partition coefficient (Wildman–Crippen LogP) is 4.21. The van der Waals surface area contributed by atoms with E-state index in [9.17, 15) is 19.5 Å². The van der Waals surface area contributed by atoms with Crippen LogP contribution in [0, 0.1) is 0 Å². The number of aromatic amines is 1. The van der Waals surface area contributed by atoms with Crippen molar-refractivity contribution in [3.63, 3.8) is 0 Å². The minimum atomic E-state index is -1.13. The highest BCUT2D eigenvalue weighted by atomic mass is 35.5. The number of nitrogens with zero attached hydrogens (tertiary/aromatic N) is 3. The number of urea groups is 1. The van der Waals surface area contributed by atoms with Gasteiger partial charge in [-0.2, -0.15) is 15.4 Å². The molecule has 1 aliphatic heterocycles. The highest BCUT2D eigenvalue weighted by molar-refractivity contribution is 7.17. The van der Waals surface area contributed by atoms with Crippen molar-refractivity contribution < 1.29 is 19.5 Å². The monoisotopic (exact) mass is 496 g/mol. The van der Waals surface area contributed by atoms with Gasteiger partial charge in [0.2, 0.25) is 0 Å². The van der Waals surface area contributed by atoms with Gasteiger partial charge >= 0.3 is 12.0 Å². The number of amides is 3. The van der Waals surface area contributed by atoms with Gasteiger partial charge in [0, 0.05) is 27.7 Å². The predicted molar refractivity (Wildman–Crippen MR) is 128 cm³/mol. The molecule has 4 aromatic rings. The quantitative estimate of drug-likeness (QED) is 0.333. The van der Waals surface area contributed by atoms with Crippen LogP contribution in [0.4, 0.5) is 15.5 Å². The third-order valence-electron chi connectivity index (χ3n) is 5.45. The van der Waals surface area contributed by atoms with E-state index in [0.29, 0.717) is 45.8 Å². The molecule has 0 fully saturated rings. The molecular weight excluding hydrogens is 480 g/mol. The maximum Gasteiger partial charge on any atom is 0.339 e. The van der Waals surface area contributed by atoms with Gasteiger partial charge in [-0.3, -0.25) is 10.1 Å². The number of carboxylic acid groups (broad SMARTS) is 1. The molecule has 172 valence electrons. The van der Waals surface area contributed by atoms with Crippen molar-refractivity contribution in [3.05, 3.63) is 69.1 Å². The van der Waals surface area contributed by atoms with Crippen LogP contribution in [-0.4, -0.2) is 49.9 Å². The van der Waals surface area contributed by atoms with Gasteiger partial charge in [-0.05, 0) is 54.4 Å². The number of aromatic nitrogens is 3. The number of carboxylic acids is 1. The third kappa shape index (κ3) is 4.18. The second-order valence-electron chi connectivity index (χ2n) is 7.60. The molecule has 0 unspecified atom stereocenters. The van der Waals surface area contributed by atoms with Gasteiger partial charge in [-0.25, -0.2) is 9.59 Å². The molecule has 34 heavy (non-hydrogen) atoms. The SMILES string of the molecule is O=C(Nc1ccc(Cl)cc1)Nc1sc2c(c1C(=O)O)CCN(C(=O)c1ccc3n[nH]nc3c1)C2. The lowest BCUT2D eigenvalue weighted by Crippen LogP contribution is -2.35. The van der Waals surface area contributed by atoms with Crippen molar-refractivity contribution in [2.24, 2.45) is 0 Å². The Balaban J connectivity index is 1.35. The van der Waals surface area contributed by atoms with E-state index in [-0.39, 0.29) is 23.0 Å². The summed E-state index contributed by atoms with van der Waals surface area (Å²) in [5.41, 5.74) is 2.93. The van der Waals surface area contributed by atoms with Crippen LogP contribution >= 0.6 is 22.9 Å². The van der Waals surface area contributed by atoms with Gasteiger partial charge in [0.05, 0.1) is 12.1 Å². The van der Waals surface area contributed by atoms with E-state index in [1.807, 2.05) is 0 Å². The fraction of sp³-hybridized carbons (Fsp3) is 0.136. The zero-order valence-corrected chi connectivity index (χ0v) is 19.0. The Kier molecular flexibility index (Phi) is 5.64. The Bertz CT molecular complexity index is 1430. The van der Waals surface area contributed by atoms with Crippen LogP contribution < -0.4 is 10.6 Å². The van der Waals surface area contributed by atoms with Gasteiger partial charge in [0.1, 0.15) is 16.0 Å². The third-order valence-corrected chi connectivity index (χ3v) is 6.83. The molecule has 3 amide bonds. The molecule has 12 heteroatoms. The average Bonchev–Trinajstić information content (AvgIpc) is 3.43. The van der Waals surface area contributed by atoms with Crippen molar-refractivity contribution in [1.82, 2.24) is 20.3 Å². The molecule has 10 nitrogen and oxygen atoms in total. The maximum absolute atomic E-state index is 13.1. The molecule has 5 rings (SSSR count). The number of anilines is 2. The molecule has 0 aliphatic carbocycles. The lowest BCUT2D eigenvalue weighted by Gasteiger charge is -2.27. The van der Waals surface area contributed by atoms with Crippen LogP contribution in [0.1, 0.15) is 31.2 Å². The molecule has 1 aliphatic rings. The van der Waals surface area contributed by atoms with Gasteiger partial charge < -0.3 is 15.3 Å². The highest BCUT2D eigenvalue weighted by Crippen LogP contribution is 2.37. The van der Waals surface area contributed by atoms with Gasteiger partial charge in [0.15, 0.2) is 0 Å². The van der Waals surface area contributed by atoms with Crippen molar-refractivity contribution in [1.29, 1.82) is 0 Å². The Morgan fingerprint density at radius 1 is 1.06 bits per heavy atom. The average molecular weight is 497 g/mol. The number of thiophene rings is 1. The fourth-order valence-electron chi connectivity index (χ4n) is 3.85. The Morgan fingerprint density at radius 3 is 2.59 bits per heavy atom. The molecule has 2 aromatic carbocycles. The van der Waals surface area contributed by atoms with E-state index >= 15 is 0 Å². The van der Waals surface area contributed by atoms with Crippen molar-refractivity contribution in [2.45, 2.75) is 13.0 Å².